The number of rotatable bonds is 2. The van der Waals surface area contributed by atoms with Crippen LogP contribution in [0.1, 0.15) is 34.1 Å². The lowest BCUT2D eigenvalue weighted by molar-refractivity contribution is -0.140. The van der Waals surface area contributed by atoms with Crippen LogP contribution in [0.3, 0.4) is 0 Å². The summed E-state index contributed by atoms with van der Waals surface area (Å²) in [5.41, 5.74) is -0.137. The Morgan fingerprint density at radius 2 is 2.05 bits per heavy atom. The molecule has 1 aliphatic carbocycles. The van der Waals surface area contributed by atoms with Crippen molar-refractivity contribution in [3.05, 3.63) is 11.6 Å². The van der Waals surface area contributed by atoms with Crippen molar-refractivity contribution in [3.8, 4) is 0 Å². The van der Waals surface area contributed by atoms with Crippen LogP contribution in [0.2, 0.25) is 18.1 Å². The Balaban J connectivity index is 2.32. The van der Waals surface area contributed by atoms with Crippen LogP contribution in [0.25, 0.3) is 0 Å². The fourth-order valence-corrected chi connectivity index (χ4v) is 4.30. The van der Waals surface area contributed by atoms with Crippen molar-refractivity contribution in [2.75, 3.05) is 13.2 Å². The fourth-order valence-electron chi connectivity index (χ4n) is 2.69. The molecule has 0 radical (unpaired) electrons. The molecule has 1 aliphatic heterocycles. The van der Waals surface area contributed by atoms with E-state index in [9.17, 15) is 9.90 Å². The van der Waals surface area contributed by atoms with Crippen molar-refractivity contribution in [1.82, 2.24) is 0 Å². The maximum absolute atomic E-state index is 12.7. The van der Waals surface area contributed by atoms with Crippen molar-refractivity contribution in [1.29, 1.82) is 0 Å². The van der Waals surface area contributed by atoms with Gasteiger partial charge in [0.2, 0.25) is 0 Å². The Bertz CT molecular complexity index is 463. The van der Waals surface area contributed by atoms with E-state index in [1.54, 1.807) is 13.0 Å². The van der Waals surface area contributed by atoms with Gasteiger partial charge in [-0.15, -0.1) is 0 Å². The van der Waals surface area contributed by atoms with E-state index in [1.165, 1.54) is 0 Å². The standard InChI is InChI=1S/C16H28O4Si/c1-15(2,3)21(5,6)20-16(4)13(17)7-11-9-19-10-12(11)8-14(16)18/h7,12,14,18H,8-10H2,1-6H3/t12-,14-,16-/m1/s1. The zero-order valence-electron chi connectivity index (χ0n) is 14.0. The Labute approximate surface area is 128 Å². The molecule has 0 bridgehead atoms. The van der Waals surface area contributed by atoms with Gasteiger partial charge in [0.05, 0.1) is 19.3 Å². The van der Waals surface area contributed by atoms with Crippen molar-refractivity contribution in [3.63, 3.8) is 0 Å². The number of carbonyl (C=O) groups is 1. The molecule has 0 unspecified atom stereocenters. The second-order valence-electron chi connectivity index (χ2n) is 8.02. The maximum atomic E-state index is 12.7. The molecule has 1 fully saturated rings. The van der Waals surface area contributed by atoms with E-state index in [1.807, 2.05) is 0 Å². The quantitative estimate of drug-likeness (QED) is 0.797. The lowest BCUT2D eigenvalue weighted by atomic mass is 9.90. The smallest absolute Gasteiger partial charge is 0.193 e. The van der Waals surface area contributed by atoms with Crippen molar-refractivity contribution in [2.24, 2.45) is 5.92 Å². The molecular formula is C16H28O4Si. The summed E-state index contributed by atoms with van der Waals surface area (Å²) in [7, 11) is -2.15. The Morgan fingerprint density at radius 3 is 2.62 bits per heavy atom. The van der Waals surface area contributed by atoms with Gasteiger partial charge in [-0.1, -0.05) is 20.8 Å². The van der Waals surface area contributed by atoms with Crippen LogP contribution in [0, 0.1) is 5.92 Å². The summed E-state index contributed by atoms with van der Waals surface area (Å²) in [6.07, 6.45) is 1.39. The number of ketones is 1. The lowest BCUT2D eigenvalue weighted by Crippen LogP contribution is -2.57. The fraction of sp³-hybridized carbons (Fsp3) is 0.812. The second kappa shape index (κ2) is 5.30. The first kappa shape index (κ1) is 16.9. The maximum Gasteiger partial charge on any atom is 0.193 e. The second-order valence-corrected chi connectivity index (χ2v) is 12.7. The first-order chi connectivity index (χ1) is 9.47. The zero-order valence-corrected chi connectivity index (χ0v) is 15.0. The van der Waals surface area contributed by atoms with Gasteiger partial charge in [-0.3, -0.25) is 4.79 Å². The molecule has 2 aliphatic rings. The highest BCUT2D eigenvalue weighted by molar-refractivity contribution is 6.74. The molecule has 0 saturated carbocycles. The van der Waals surface area contributed by atoms with E-state index in [0.29, 0.717) is 19.6 Å². The van der Waals surface area contributed by atoms with Gasteiger partial charge >= 0.3 is 0 Å². The van der Waals surface area contributed by atoms with Gasteiger partial charge < -0.3 is 14.3 Å². The summed E-state index contributed by atoms with van der Waals surface area (Å²) in [6.45, 7) is 13.5. The summed E-state index contributed by atoms with van der Waals surface area (Å²) < 4.78 is 11.8. The van der Waals surface area contributed by atoms with Crippen molar-refractivity contribution < 1.29 is 19.1 Å². The molecule has 4 nitrogen and oxygen atoms in total. The van der Waals surface area contributed by atoms with E-state index >= 15 is 0 Å². The molecule has 120 valence electrons. The molecule has 2 rings (SSSR count). The minimum Gasteiger partial charge on any atom is -0.402 e. The number of carbonyl (C=O) groups excluding carboxylic acids is 1. The predicted molar refractivity (Wildman–Crippen MR) is 84.7 cm³/mol. The van der Waals surface area contributed by atoms with E-state index in [2.05, 4.69) is 33.9 Å². The van der Waals surface area contributed by atoms with E-state index in [-0.39, 0.29) is 16.7 Å². The van der Waals surface area contributed by atoms with E-state index < -0.39 is 20.0 Å². The van der Waals surface area contributed by atoms with Gasteiger partial charge in [0.25, 0.3) is 0 Å². The Kier molecular flexibility index (Phi) is 4.26. The summed E-state index contributed by atoms with van der Waals surface area (Å²) in [4.78, 5) is 12.7. The Hall–Kier alpha value is -0.493. The van der Waals surface area contributed by atoms with E-state index in [0.717, 1.165) is 5.57 Å². The average Bonchev–Trinajstić information content (AvgIpc) is 2.70. The van der Waals surface area contributed by atoms with Crippen LogP contribution in [-0.2, 0) is 14.0 Å². The van der Waals surface area contributed by atoms with Crippen LogP contribution in [0.5, 0.6) is 0 Å². The molecule has 0 aromatic heterocycles. The van der Waals surface area contributed by atoms with Crippen molar-refractivity contribution in [2.45, 2.75) is 64.0 Å². The molecule has 5 heteroatoms. The number of hydrogen-bond acceptors (Lipinski definition) is 4. The molecule has 1 N–H and O–H groups in total. The summed E-state index contributed by atoms with van der Waals surface area (Å²) >= 11 is 0. The number of aliphatic hydroxyl groups excluding tert-OH is 1. The lowest BCUT2D eigenvalue weighted by Gasteiger charge is -2.44. The third-order valence-electron chi connectivity index (χ3n) is 5.33. The monoisotopic (exact) mass is 312 g/mol. The van der Waals surface area contributed by atoms with Gasteiger partial charge in [0, 0.05) is 5.92 Å². The number of fused-ring (bicyclic) bond motifs is 1. The number of ether oxygens (including phenoxy) is 1. The van der Waals surface area contributed by atoms with Gasteiger partial charge in [-0.25, -0.2) is 0 Å². The van der Waals surface area contributed by atoms with Crippen molar-refractivity contribution >= 4 is 14.1 Å². The highest BCUT2D eigenvalue weighted by atomic mass is 28.4. The van der Waals surface area contributed by atoms with E-state index in [4.69, 9.17) is 9.16 Å². The van der Waals surface area contributed by atoms with Gasteiger partial charge in [0.1, 0.15) is 5.60 Å². The normalized spacial score (nSPS) is 34.4. The largest absolute Gasteiger partial charge is 0.402 e. The molecule has 1 saturated heterocycles. The van der Waals surface area contributed by atoms with Crippen LogP contribution in [0.4, 0.5) is 0 Å². The van der Waals surface area contributed by atoms with Crippen LogP contribution in [-0.4, -0.2) is 44.1 Å². The summed E-state index contributed by atoms with van der Waals surface area (Å²) in [5.74, 6) is 0.0246. The topological polar surface area (TPSA) is 55.8 Å². The molecule has 3 atom stereocenters. The number of aliphatic hydroxyl groups is 1. The average molecular weight is 312 g/mol. The summed E-state index contributed by atoms with van der Waals surface area (Å²) in [6, 6.07) is 0. The highest BCUT2D eigenvalue weighted by Crippen LogP contribution is 2.42. The van der Waals surface area contributed by atoms with Gasteiger partial charge in [0.15, 0.2) is 14.1 Å². The van der Waals surface area contributed by atoms with Crippen LogP contribution >= 0.6 is 0 Å². The van der Waals surface area contributed by atoms with Crippen LogP contribution in [0.15, 0.2) is 11.6 Å². The zero-order chi connectivity index (χ0) is 16.1. The first-order valence-electron chi connectivity index (χ1n) is 7.68. The third kappa shape index (κ3) is 3.02. The first-order valence-corrected chi connectivity index (χ1v) is 10.6. The molecule has 21 heavy (non-hydrogen) atoms. The predicted octanol–water partition coefficient (Wildman–Crippen LogP) is 2.67. The number of hydrogen-bond donors (Lipinski definition) is 1. The highest BCUT2D eigenvalue weighted by Gasteiger charge is 2.51. The van der Waals surface area contributed by atoms with Crippen LogP contribution < -0.4 is 0 Å². The SMILES string of the molecule is CC(C)(C)[Si](C)(C)O[C@]1(C)C(=O)C=C2COC[C@H]2C[C@H]1O. The molecule has 0 spiro atoms. The molecule has 1 heterocycles. The van der Waals surface area contributed by atoms with Gasteiger partial charge in [-0.05, 0) is 43.1 Å². The minimum atomic E-state index is -2.15. The van der Waals surface area contributed by atoms with Gasteiger partial charge in [-0.2, -0.15) is 0 Å². The summed E-state index contributed by atoms with van der Waals surface area (Å²) in [5, 5.41) is 10.6. The minimum absolute atomic E-state index is 0.00552. The molecule has 0 amide bonds. The Morgan fingerprint density at radius 1 is 1.43 bits per heavy atom. The third-order valence-corrected chi connectivity index (χ3v) is 9.88. The molecular weight excluding hydrogens is 284 g/mol. The molecule has 0 aromatic carbocycles. The molecule has 0 aromatic rings.